The first kappa shape index (κ1) is 14.6. The summed E-state index contributed by atoms with van der Waals surface area (Å²) in [6.07, 6.45) is 1.16. The summed E-state index contributed by atoms with van der Waals surface area (Å²) < 4.78 is 0. The van der Waals surface area contributed by atoms with E-state index < -0.39 is 0 Å². The lowest BCUT2D eigenvalue weighted by Gasteiger charge is -2.26. The molecule has 2 rings (SSSR count). The lowest BCUT2D eigenvalue weighted by atomic mass is 10.3. The summed E-state index contributed by atoms with van der Waals surface area (Å²) in [4.78, 5) is 5.72. The van der Waals surface area contributed by atoms with E-state index in [0.717, 1.165) is 36.9 Å². The zero-order valence-corrected chi connectivity index (χ0v) is 13.2. The Balaban J connectivity index is 2.04. The molecule has 0 aliphatic carbocycles. The second-order valence-electron chi connectivity index (χ2n) is 4.86. The molecule has 5 heteroatoms. The third-order valence-corrected chi connectivity index (χ3v) is 4.53. The van der Waals surface area contributed by atoms with Crippen molar-refractivity contribution in [2.75, 3.05) is 44.4 Å². The number of hydrogen-bond donors (Lipinski definition) is 1. The van der Waals surface area contributed by atoms with Crippen LogP contribution in [0, 0.1) is 0 Å². The molecular formula is C14H21N3S2. The van der Waals surface area contributed by atoms with E-state index in [9.17, 15) is 0 Å². The summed E-state index contributed by atoms with van der Waals surface area (Å²) in [6.45, 7) is 2.87. The molecule has 0 atom stereocenters. The molecule has 1 heterocycles. The highest BCUT2D eigenvalue weighted by Gasteiger charge is 2.18. The van der Waals surface area contributed by atoms with Gasteiger partial charge < -0.3 is 15.1 Å². The SMILES string of the molecule is CN(C)CCNC(=S)N1CCCSc2ccccc21. The van der Waals surface area contributed by atoms with Gasteiger partial charge in [0.25, 0.3) is 0 Å². The monoisotopic (exact) mass is 295 g/mol. The topological polar surface area (TPSA) is 18.5 Å². The Kier molecular flexibility index (Phi) is 5.48. The van der Waals surface area contributed by atoms with E-state index in [-0.39, 0.29) is 0 Å². The predicted molar refractivity (Wildman–Crippen MR) is 88.3 cm³/mol. The molecule has 0 saturated carbocycles. The zero-order chi connectivity index (χ0) is 13.7. The summed E-state index contributed by atoms with van der Waals surface area (Å²) in [5.41, 5.74) is 1.24. The highest BCUT2D eigenvalue weighted by molar-refractivity contribution is 7.99. The molecule has 1 aromatic carbocycles. The van der Waals surface area contributed by atoms with Crippen molar-refractivity contribution in [3.8, 4) is 0 Å². The highest BCUT2D eigenvalue weighted by atomic mass is 32.2. The van der Waals surface area contributed by atoms with Crippen LogP contribution in [-0.4, -0.2) is 49.5 Å². The van der Waals surface area contributed by atoms with Gasteiger partial charge in [0.1, 0.15) is 0 Å². The van der Waals surface area contributed by atoms with Gasteiger partial charge in [-0.25, -0.2) is 0 Å². The Morgan fingerprint density at radius 1 is 1.42 bits per heavy atom. The number of thiocarbonyl (C=S) groups is 1. The molecule has 0 aromatic heterocycles. The van der Waals surface area contributed by atoms with E-state index in [2.05, 4.69) is 53.5 Å². The fraction of sp³-hybridized carbons (Fsp3) is 0.500. The van der Waals surface area contributed by atoms with Gasteiger partial charge in [0.15, 0.2) is 5.11 Å². The van der Waals surface area contributed by atoms with Gasteiger partial charge in [0.05, 0.1) is 5.69 Å². The number of benzene rings is 1. The van der Waals surface area contributed by atoms with Gasteiger partial charge in [-0.2, -0.15) is 0 Å². The fourth-order valence-electron chi connectivity index (χ4n) is 2.02. The zero-order valence-electron chi connectivity index (χ0n) is 11.6. The van der Waals surface area contributed by atoms with Crippen molar-refractivity contribution in [3.05, 3.63) is 24.3 Å². The van der Waals surface area contributed by atoms with Crippen molar-refractivity contribution in [2.24, 2.45) is 0 Å². The Hall–Kier alpha value is -0.780. The quantitative estimate of drug-likeness (QED) is 0.861. The Labute approximate surface area is 125 Å². The lowest BCUT2D eigenvalue weighted by Crippen LogP contribution is -2.42. The minimum Gasteiger partial charge on any atom is -0.361 e. The molecular weight excluding hydrogens is 274 g/mol. The number of hydrogen-bond acceptors (Lipinski definition) is 3. The number of para-hydroxylation sites is 1. The van der Waals surface area contributed by atoms with Crippen molar-refractivity contribution in [1.82, 2.24) is 10.2 Å². The van der Waals surface area contributed by atoms with E-state index >= 15 is 0 Å². The van der Waals surface area contributed by atoms with Crippen LogP contribution in [0.25, 0.3) is 0 Å². The summed E-state index contributed by atoms with van der Waals surface area (Å²) >= 11 is 7.47. The van der Waals surface area contributed by atoms with Gasteiger partial charge in [-0.3, -0.25) is 0 Å². The van der Waals surface area contributed by atoms with Crippen LogP contribution in [0.1, 0.15) is 6.42 Å². The number of rotatable bonds is 3. The van der Waals surface area contributed by atoms with Gasteiger partial charge in [0, 0.05) is 24.5 Å². The van der Waals surface area contributed by atoms with Crippen molar-refractivity contribution in [2.45, 2.75) is 11.3 Å². The summed E-state index contributed by atoms with van der Waals surface area (Å²) in [6, 6.07) is 8.52. The molecule has 0 amide bonds. The minimum atomic E-state index is 0.844. The van der Waals surface area contributed by atoms with Crippen LogP contribution in [0.4, 0.5) is 5.69 Å². The largest absolute Gasteiger partial charge is 0.361 e. The van der Waals surface area contributed by atoms with Crippen molar-refractivity contribution < 1.29 is 0 Å². The van der Waals surface area contributed by atoms with Crippen LogP contribution in [0.15, 0.2) is 29.2 Å². The smallest absolute Gasteiger partial charge is 0.173 e. The van der Waals surface area contributed by atoms with Crippen LogP contribution in [0.3, 0.4) is 0 Å². The molecule has 19 heavy (non-hydrogen) atoms. The molecule has 0 fully saturated rings. The van der Waals surface area contributed by atoms with Crippen molar-refractivity contribution in [3.63, 3.8) is 0 Å². The second-order valence-corrected chi connectivity index (χ2v) is 6.38. The van der Waals surface area contributed by atoms with Crippen LogP contribution >= 0.6 is 24.0 Å². The van der Waals surface area contributed by atoms with Gasteiger partial charge in [-0.15, -0.1) is 11.8 Å². The van der Waals surface area contributed by atoms with Crippen molar-refractivity contribution in [1.29, 1.82) is 0 Å². The van der Waals surface area contributed by atoms with E-state index in [4.69, 9.17) is 12.2 Å². The summed E-state index contributed by atoms with van der Waals surface area (Å²) in [5.74, 6) is 1.16. The van der Waals surface area contributed by atoms with Gasteiger partial charge in [-0.05, 0) is 50.6 Å². The molecule has 104 valence electrons. The molecule has 1 aliphatic heterocycles. The first-order valence-electron chi connectivity index (χ1n) is 6.60. The first-order chi connectivity index (χ1) is 9.18. The van der Waals surface area contributed by atoms with E-state index in [1.54, 1.807) is 0 Å². The molecule has 3 nitrogen and oxygen atoms in total. The second kappa shape index (κ2) is 7.12. The standard InChI is InChI=1S/C14H21N3S2/c1-16(2)10-8-15-14(18)17-9-5-11-19-13-7-4-3-6-12(13)17/h3-4,6-7H,5,8-11H2,1-2H3,(H,15,18). The molecule has 1 aromatic rings. The Bertz CT molecular complexity index is 434. The van der Waals surface area contributed by atoms with E-state index in [0.29, 0.717) is 0 Å². The molecule has 1 N–H and O–H groups in total. The Morgan fingerprint density at radius 3 is 3.00 bits per heavy atom. The number of fused-ring (bicyclic) bond motifs is 1. The molecule has 0 unspecified atom stereocenters. The molecule has 0 radical (unpaired) electrons. The molecule has 0 saturated heterocycles. The van der Waals surface area contributed by atoms with E-state index in [1.807, 2.05) is 11.8 Å². The number of nitrogens with one attached hydrogen (secondary N) is 1. The van der Waals surface area contributed by atoms with Gasteiger partial charge >= 0.3 is 0 Å². The number of nitrogens with zero attached hydrogens (tertiary/aromatic N) is 2. The van der Waals surface area contributed by atoms with Gasteiger partial charge in [-0.1, -0.05) is 12.1 Å². The van der Waals surface area contributed by atoms with E-state index in [1.165, 1.54) is 10.6 Å². The highest BCUT2D eigenvalue weighted by Crippen LogP contribution is 2.33. The third kappa shape index (κ3) is 4.09. The van der Waals surface area contributed by atoms with Gasteiger partial charge in [0.2, 0.25) is 0 Å². The normalized spacial score (nSPS) is 15.0. The number of anilines is 1. The summed E-state index contributed by atoms with van der Waals surface area (Å²) in [7, 11) is 4.14. The molecule has 0 spiro atoms. The average Bonchev–Trinajstić information content (AvgIpc) is 2.60. The average molecular weight is 295 g/mol. The third-order valence-electron chi connectivity index (χ3n) is 3.02. The van der Waals surface area contributed by atoms with Crippen LogP contribution in [-0.2, 0) is 0 Å². The predicted octanol–water partition coefficient (Wildman–Crippen LogP) is 2.42. The Morgan fingerprint density at radius 2 is 2.21 bits per heavy atom. The lowest BCUT2D eigenvalue weighted by molar-refractivity contribution is 0.413. The maximum atomic E-state index is 5.55. The first-order valence-corrected chi connectivity index (χ1v) is 8.00. The number of likely N-dealkylation sites (N-methyl/N-ethyl adjacent to an activating group) is 1. The number of thioether (sulfide) groups is 1. The van der Waals surface area contributed by atoms with Crippen LogP contribution < -0.4 is 10.2 Å². The molecule has 0 bridgehead atoms. The fourth-order valence-corrected chi connectivity index (χ4v) is 3.31. The summed E-state index contributed by atoms with van der Waals surface area (Å²) in [5, 5.41) is 4.20. The van der Waals surface area contributed by atoms with Crippen LogP contribution in [0.2, 0.25) is 0 Å². The van der Waals surface area contributed by atoms with Crippen molar-refractivity contribution >= 4 is 34.8 Å². The maximum absolute atomic E-state index is 5.55. The molecule has 1 aliphatic rings. The minimum absolute atomic E-state index is 0.844. The maximum Gasteiger partial charge on any atom is 0.173 e. The van der Waals surface area contributed by atoms with Crippen LogP contribution in [0.5, 0.6) is 0 Å².